The van der Waals surface area contributed by atoms with Crippen LogP contribution in [0.15, 0.2) is 53.2 Å². The Labute approximate surface area is 167 Å². The molecule has 0 bridgehead atoms. The van der Waals surface area contributed by atoms with Crippen LogP contribution in [-0.2, 0) is 17.6 Å². The van der Waals surface area contributed by atoms with E-state index in [0.717, 1.165) is 38.0 Å². The molecule has 5 rings (SSSR count). The summed E-state index contributed by atoms with van der Waals surface area (Å²) < 4.78 is 0. The number of nitrogens with zero attached hydrogens (tertiary/aromatic N) is 2. The number of carbonyl (C=O) groups is 1. The highest BCUT2D eigenvalue weighted by molar-refractivity contribution is 7.10. The van der Waals surface area contributed by atoms with Gasteiger partial charge in [-0.15, -0.1) is 22.7 Å². The highest BCUT2D eigenvalue weighted by Crippen LogP contribution is 2.39. The summed E-state index contributed by atoms with van der Waals surface area (Å²) in [5.74, 6) is 0.224. The summed E-state index contributed by atoms with van der Waals surface area (Å²) in [5, 5.41) is 4.33. The molecule has 0 saturated carbocycles. The Morgan fingerprint density at radius 1 is 1.00 bits per heavy atom. The molecule has 27 heavy (non-hydrogen) atoms. The summed E-state index contributed by atoms with van der Waals surface area (Å²) >= 11 is 3.64. The van der Waals surface area contributed by atoms with Crippen LogP contribution in [0.5, 0.6) is 0 Å². The van der Waals surface area contributed by atoms with Crippen molar-refractivity contribution in [1.82, 2.24) is 4.90 Å². The maximum absolute atomic E-state index is 13.3. The third kappa shape index (κ3) is 3.14. The Balaban J connectivity index is 1.43. The van der Waals surface area contributed by atoms with Gasteiger partial charge < -0.3 is 4.90 Å². The fourth-order valence-electron chi connectivity index (χ4n) is 4.37. The molecule has 0 fully saturated rings. The average Bonchev–Trinajstić information content (AvgIpc) is 3.39. The van der Waals surface area contributed by atoms with Gasteiger partial charge in [0.05, 0.1) is 12.6 Å². The number of aryl methyl sites for hydroxylation is 1. The van der Waals surface area contributed by atoms with Crippen molar-refractivity contribution in [3.8, 4) is 0 Å². The quantitative estimate of drug-likeness (QED) is 0.641. The van der Waals surface area contributed by atoms with Crippen molar-refractivity contribution >= 4 is 34.3 Å². The van der Waals surface area contributed by atoms with Crippen molar-refractivity contribution in [2.24, 2.45) is 0 Å². The maximum atomic E-state index is 13.3. The molecule has 3 aromatic rings. The predicted molar refractivity (Wildman–Crippen MR) is 113 cm³/mol. The van der Waals surface area contributed by atoms with Crippen LogP contribution in [0.3, 0.4) is 0 Å². The summed E-state index contributed by atoms with van der Waals surface area (Å²) in [5.41, 5.74) is 3.79. The molecule has 4 heterocycles. The summed E-state index contributed by atoms with van der Waals surface area (Å²) in [6, 6.07) is 15.1. The number of para-hydroxylation sites is 1. The van der Waals surface area contributed by atoms with Gasteiger partial charge in [0.2, 0.25) is 5.91 Å². The zero-order valence-electron chi connectivity index (χ0n) is 15.1. The highest BCUT2D eigenvalue weighted by Gasteiger charge is 2.33. The van der Waals surface area contributed by atoms with E-state index in [4.69, 9.17) is 0 Å². The van der Waals surface area contributed by atoms with Gasteiger partial charge in [0.1, 0.15) is 0 Å². The lowest BCUT2D eigenvalue weighted by Crippen LogP contribution is -2.45. The second-order valence-corrected chi connectivity index (χ2v) is 9.20. The molecule has 1 amide bonds. The van der Waals surface area contributed by atoms with Crippen LogP contribution in [0, 0.1) is 0 Å². The fourth-order valence-corrected chi connectivity index (χ4v) is 6.15. The first-order valence-corrected chi connectivity index (χ1v) is 11.3. The lowest BCUT2D eigenvalue weighted by molar-refractivity contribution is -0.120. The SMILES string of the molecule is O=C(CN1CCc2sccc2[C@H]1c1cccs1)N1CCCc2ccccc21. The van der Waals surface area contributed by atoms with E-state index in [1.807, 2.05) is 22.3 Å². The molecule has 2 aliphatic rings. The lowest BCUT2D eigenvalue weighted by atomic mass is 9.98. The molecule has 2 aliphatic heterocycles. The molecular weight excluding hydrogens is 372 g/mol. The Hall–Kier alpha value is -1.95. The average molecular weight is 395 g/mol. The normalized spacial score (nSPS) is 19.6. The number of hydrogen-bond acceptors (Lipinski definition) is 4. The third-order valence-corrected chi connectivity index (χ3v) is 7.55. The van der Waals surface area contributed by atoms with Crippen molar-refractivity contribution in [1.29, 1.82) is 0 Å². The molecule has 0 saturated heterocycles. The zero-order valence-corrected chi connectivity index (χ0v) is 16.8. The first-order valence-electron chi connectivity index (χ1n) is 9.53. The first kappa shape index (κ1) is 17.2. The molecule has 5 heteroatoms. The minimum absolute atomic E-state index is 0.212. The molecule has 0 unspecified atom stereocenters. The molecule has 0 spiro atoms. The Kier molecular flexibility index (Phi) is 4.60. The summed E-state index contributed by atoms with van der Waals surface area (Å²) in [6.45, 7) is 2.25. The molecule has 138 valence electrons. The second-order valence-electron chi connectivity index (χ2n) is 7.22. The van der Waals surface area contributed by atoms with Crippen LogP contribution in [0.1, 0.15) is 33.3 Å². The van der Waals surface area contributed by atoms with Crippen LogP contribution in [0.25, 0.3) is 0 Å². The number of amides is 1. The van der Waals surface area contributed by atoms with Crippen LogP contribution < -0.4 is 4.90 Å². The van der Waals surface area contributed by atoms with Crippen molar-refractivity contribution in [3.63, 3.8) is 0 Å². The van der Waals surface area contributed by atoms with Crippen LogP contribution >= 0.6 is 22.7 Å². The van der Waals surface area contributed by atoms with E-state index in [1.54, 1.807) is 11.3 Å². The van der Waals surface area contributed by atoms with E-state index < -0.39 is 0 Å². The zero-order chi connectivity index (χ0) is 18.2. The van der Waals surface area contributed by atoms with Crippen molar-refractivity contribution in [2.75, 3.05) is 24.5 Å². The first-order chi connectivity index (χ1) is 13.3. The number of carbonyl (C=O) groups excluding carboxylic acids is 1. The van der Waals surface area contributed by atoms with E-state index in [0.29, 0.717) is 6.54 Å². The summed E-state index contributed by atoms with van der Waals surface area (Å²) in [4.78, 5) is 20.5. The minimum Gasteiger partial charge on any atom is -0.311 e. The molecule has 2 aromatic heterocycles. The number of fused-ring (bicyclic) bond motifs is 2. The van der Waals surface area contributed by atoms with Gasteiger partial charge in [-0.25, -0.2) is 0 Å². The molecule has 3 nitrogen and oxygen atoms in total. The molecule has 1 atom stereocenters. The molecule has 1 aromatic carbocycles. The summed E-state index contributed by atoms with van der Waals surface area (Å²) in [7, 11) is 0. The van der Waals surface area contributed by atoms with Gasteiger partial charge in [0.25, 0.3) is 0 Å². The largest absolute Gasteiger partial charge is 0.311 e. The number of benzene rings is 1. The number of anilines is 1. The van der Waals surface area contributed by atoms with E-state index in [1.165, 1.54) is 20.9 Å². The van der Waals surface area contributed by atoms with Crippen molar-refractivity contribution in [3.05, 3.63) is 74.1 Å². The van der Waals surface area contributed by atoms with Gasteiger partial charge in [-0.2, -0.15) is 0 Å². The van der Waals surface area contributed by atoms with Gasteiger partial charge in [-0.1, -0.05) is 24.3 Å². The monoisotopic (exact) mass is 394 g/mol. The molecule has 0 radical (unpaired) electrons. The van der Waals surface area contributed by atoms with Crippen molar-refractivity contribution < 1.29 is 4.79 Å². The second kappa shape index (κ2) is 7.23. The summed E-state index contributed by atoms with van der Waals surface area (Å²) in [6.07, 6.45) is 3.16. The van der Waals surface area contributed by atoms with Gasteiger partial charge in [0, 0.05) is 28.5 Å². The fraction of sp³-hybridized carbons (Fsp3) is 0.318. The highest BCUT2D eigenvalue weighted by atomic mass is 32.1. The number of rotatable bonds is 3. The van der Waals surface area contributed by atoms with Gasteiger partial charge in [0.15, 0.2) is 0 Å². The predicted octanol–water partition coefficient (Wildman–Crippen LogP) is 4.74. The maximum Gasteiger partial charge on any atom is 0.241 e. The third-order valence-electron chi connectivity index (χ3n) is 5.63. The number of hydrogen-bond donors (Lipinski definition) is 0. The van der Waals surface area contributed by atoms with E-state index >= 15 is 0 Å². The van der Waals surface area contributed by atoms with E-state index in [-0.39, 0.29) is 11.9 Å². The van der Waals surface area contributed by atoms with Crippen molar-refractivity contribution in [2.45, 2.75) is 25.3 Å². The van der Waals surface area contributed by atoms with Crippen LogP contribution in [0.2, 0.25) is 0 Å². The molecule has 0 aliphatic carbocycles. The van der Waals surface area contributed by atoms with Crippen LogP contribution in [-0.4, -0.2) is 30.4 Å². The number of thiophene rings is 2. The van der Waals surface area contributed by atoms with E-state index in [9.17, 15) is 4.79 Å². The Morgan fingerprint density at radius 2 is 1.93 bits per heavy atom. The van der Waals surface area contributed by atoms with Gasteiger partial charge in [-0.05, 0) is 59.3 Å². The van der Waals surface area contributed by atoms with Gasteiger partial charge >= 0.3 is 0 Å². The van der Waals surface area contributed by atoms with Gasteiger partial charge in [-0.3, -0.25) is 9.69 Å². The minimum atomic E-state index is 0.212. The Morgan fingerprint density at radius 3 is 2.81 bits per heavy atom. The van der Waals surface area contributed by atoms with E-state index in [2.05, 4.69) is 52.1 Å². The van der Waals surface area contributed by atoms with Crippen LogP contribution in [0.4, 0.5) is 5.69 Å². The molecule has 0 N–H and O–H groups in total. The topological polar surface area (TPSA) is 23.6 Å². The lowest BCUT2D eigenvalue weighted by Gasteiger charge is -2.37. The Bertz CT molecular complexity index is 947. The standard InChI is InChI=1S/C22H22N2OS2/c25-21(24-11-3-6-16-5-1-2-7-18(16)24)15-23-12-9-19-17(10-14-27-19)22(23)20-8-4-13-26-20/h1-2,4-5,7-8,10,13-14,22H,3,6,9,11-12,15H2/t22-/m0/s1. The smallest absolute Gasteiger partial charge is 0.241 e. The molecular formula is C22H22N2OS2.